The van der Waals surface area contributed by atoms with Gasteiger partial charge in [-0.3, -0.25) is 9.78 Å². The van der Waals surface area contributed by atoms with Crippen LogP contribution in [0.25, 0.3) is 5.52 Å². The first kappa shape index (κ1) is 11.6. The summed E-state index contributed by atoms with van der Waals surface area (Å²) in [7, 11) is 0. The van der Waals surface area contributed by atoms with Crippen molar-refractivity contribution >= 4 is 11.5 Å². The van der Waals surface area contributed by atoms with Crippen LogP contribution in [0.1, 0.15) is 31.8 Å². The average molecular weight is 235 g/mol. The Kier molecular flexibility index (Phi) is 2.87. The lowest BCUT2D eigenvalue weighted by Crippen LogP contribution is -2.17. The zero-order valence-electron chi connectivity index (χ0n) is 10.3. The highest BCUT2D eigenvalue weighted by molar-refractivity contribution is 5.50. The minimum atomic E-state index is -0.238. The van der Waals surface area contributed by atoms with Gasteiger partial charge in [-0.15, -0.1) is 5.10 Å². The van der Waals surface area contributed by atoms with E-state index in [1.54, 1.807) is 4.52 Å². The number of aromatic amines is 1. The third-order valence-electron chi connectivity index (χ3n) is 2.99. The summed E-state index contributed by atoms with van der Waals surface area (Å²) in [4.78, 5) is 18.6. The average Bonchev–Trinajstić information content (AvgIpc) is 2.55. The molecule has 2 rings (SSSR count). The molecular formula is C11H17N5O. The van der Waals surface area contributed by atoms with Crippen LogP contribution in [0.2, 0.25) is 0 Å². The molecule has 0 fully saturated rings. The van der Waals surface area contributed by atoms with Gasteiger partial charge in [0.1, 0.15) is 5.82 Å². The summed E-state index contributed by atoms with van der Waals surface area (Å²) in [6.07, 6.45) is 1.86. The molecule has 6 heteroatoms. The number of nitrogens with zero attached hydrogens (tertiary/aromatic N) is 3. The van der Waals surface area contributed by atoms with Crippen molar-refractivity contribution in [1.29, 1.82) is 0 Å². The van der Waals surface area contributed by atoms with E-state index in [0.29, 0.717) is 17.1 Å². The first-order valence-electron chi connectivity index (χ1n) is 5.77. The van der Waals surface area contributed by atoms with Crippen LogP contribution in [0.4, 0.5) is 5.95 Å². The molecule has 0 aliphatic carbocycles. The molecule has 1 unspecified atom stereocenters. The fourth-order valence-corrected chi connectivity index (χ4v) is 1.84. The van der Waals surface area contributed by atoms with Gasteiger partial charge in [-0.05, 0) is 12.8 Å². The summed E-state index contributed by atoms with van der Waals surface area (Å²) >= 11 is 0. The molecule has 0 radical (unpaired) electrons. The van der Waals surface area contributed by atoms with Gasteiger partial charge in [0.15, 0.2) is 5.52 Å². The van der Waals surface area contributed by atoms with Crippen molar-refractivity contribution in [3.05, 3.63) is 21.9 Å². The topological polar surface area (TPSA) is 89.1 Å². The standard InChI is InChI=1S/C11H17N5O/c1-4-6(2)5-8-13-7(3)9-10(17)14-11(12)15-16(8)9/h6H,4-5H2,1-3H3,(H3,12,14,15,17). The zero-order chi connectivity index (χ0) is 12.6. The second-order valence-corrected chi connectivity index (χ2v) is 4.43. The number of aromatic nitrogens is 4. The summed E-state index contributed by atoms with van der Waals surface area (Å²) in [5.74, 6) is 1.41. The molecule has 92 valence electrons. The van der Waals surface area contributed by atoms with Gasteiger partial charge in [0.05, 0.1) is 5.69 Å². The van der Waals surface area contributed by atoms with E-state index in [0.717, 1.165) is 18.7 Å². The number of aryl methyl sites for hydroxylation is 1. The summed E-state index contributed by atoms with van der Waals surface area (Å²) in [6.45, 7) is 6.08. The Bertz CT molecular complexity index is 598. The molecule has 0 spiro atoms. The van der Waals surface area contributed by atoms with E-state index in [2.05, 4.69) is 28.9 Å². The Hall–Kier alpha value is -1.85. The third kappa shape index (κ3) is 2.02. The van der Waals surface area contributed by atoms with Crippen LogP contribution in [-0.4, -0.2) is 19.6 Å². The normalized spacial score (nSPS) is 13.1. The van der Waals surface area contributed by atoms with Crippen LogP contribution in [0.3, 0.4) is 0 Å². The first-order chi connectivity index (χ1) is 8.02. The maximum Gasteiger partial charge on any atom is 0.278 e. The van der Waals surface area contributed by atoms with Gasteiger partial charge >= 0.3 is 0 Å². The summed E-state index contributed by atoms with van der Waals surface area (Å²) < 4.78 is 1.57. The Balaban J connectivity index is 2.62. The predicted molar refractivity (Wildman–Crippen MR) is 65.9 cm³/mol. The molecule has 6 nitrogen and oxygen atoms in total. The van der Waals surface area contributed by atoms with Crippen molar-refractivity contribution in [3.63, 3.8) is 0 Å². The number of nitrogen functional groups attached to an aromatic ring is 1. The van der Waals surface area contributed by atoms with E-state index < -0.39 is 0 Å². The highest BCUT2D eigenvalue weighted by Crippen LogP contribution is 2.13. The Morgan fingerprint density at radius 2 is 2.24 bits per heavy atom. The van der Waals surface area contributed by atoms with E-state index in [1.807, 2.05) is 6.92 Å². The number of imidazole rings is 1. The Morgan fingerprint density at radius 3 is 2.88 bits per heavy atom. The number of H-pyrrole nitrogens is 1. The van der Waals surface area contributed by atoms with Crippen LogP contribution in [0.15, 0.2) is 4.79 Å². The fourth-order valence-electron chi connectivity index (χ4n) is 1.84. The molecule has 3 N–H and O–H groups in total. The minimum absolute atomic E-state index is 0.116. The molecule has 0 saturated heterocycles. The smallest absolute Gasteiger partial charge is 0.278 e. The number of anilines is 1. The molecule has 2 aromatic rings. The molecule has 0 aliphatic heterocycles. The summed E-state index contributed by atoms with van der Waals surface area (Å²) in [6, 6.07) is 0. The summed E-state index contributed by atoms with van der Waals surface area (Å²) in [5, 5.41) is 4.12. The van der Waals surface area contributed by atoms with Crippen molar-refractivity contribution in [2.45, 2.75) is 33.6 Å². The zero-order valence-corrected chi connectivity index (χ0v) is 10.3. The maximum absolute atomic E-state index is 11.8. The van der Waals surface area contributed by atoms with E-state index in [4.69, 9.17) is 5.73 Å². The Labute approximate surface area is 98.9 Å². The molecule has 2 heterocycles. The van der Waals surface area contributed by atoms with Crippen LogP contribution < -0.4 is 11.3 Å². The lowest BCUT2D eigenvalue weighted by Gasteiger charge is -2.06. The SMILES string of the molecule is CCC(C)Cc1nc(C)c2c(=O)[nH]c(N)nn12. The second-order valence-electron chi connectivity index (χ2n) is 4.43. The van der Waals surface area contributed by atoms with Crippen molar-refractivity contribution < 1.29 is 0 Å². The van der Waals surface area contributed by atoms with Gasteiger partial charge in [0.25, 0.3) is 5.56 Å². The van der Waals surface area contributed by atoms with E-state index in [9.17, 15) is 4.79 Å². The number of rotatable bonds is 3. The van der Waals surface area contributed by atoms with Crippen molar-refractivity contribution in [3.8, 4) is 0 Å². The summed E-state index contributed by atoms with van der Waals surface area (Å²) in [5.41, 5.74) is 6.49. The van der Waals surface area contributed by atoms with Gasteiger partial charge in [0.2, 0.25) is 5.95 Å². The van der Waals surface area contributed by atoms with Crippen molar-refractivity contribution in [1.82, 2.24) is 19.6 Å². The predicted octanol–water partition coefficient (Wildman–Crippen LogP) is 0.897. The number of nitrogens with two attached hydrogens (primary N) is 1. The largest absolute Gasteiger partial charge is 0.368 e. The highest BCUT2D eigenvalue weighted by Gasteiger charge is 2.14. The number of nitrogens with one attached hydrogen (secondary N) is 1. The van der Waals surface area contributed by atoms with Crippen LogP contribution in [0.5, 0.6) is 0 Å². The number of hydrogen-bond donors (Lipinski definition) is 2. The van der Waals surface area contributed by atoms with E-state index >= 15 is 0 Å². The van der Waals surface area contributed by atoms with Gasteiger partial charge in [-0.25, -0.2) is 9.50 Å². The van der Waals surface area contributed by atoms with Crippen LogP contribution >= 0.6 is 0 Å². The first-order valence-corrected chi connectivity index (χ1v) is 5.77. The molecular weight excluding hydrogens is 218 g/mol. The molecule has 17 heavy (non-hydrogen) atoms. The lowest BCUT2D eigenvalue weighted by molar-refractivity contribution is 0.536. The highest BCUT2D eigenvalue weighted by atomic mass is 16.1. The van der Waals surface area contributed by atoms with Crippen LogP contribution in [0, 0.1) is 12.8 Å². The van der Waals surface area contributed by atoms with Gasteiger partial charge in [-0.1, -0.05) is 20.3 Å². The molecule has 0 aliphatic rings. The van der Waals surface area contributed by atoms with Gasteiger partial charge < -0.3 is 5.73 Å². The van der Waals surface area contributed by atoms with Gasteiger partial charge in [-0.2, -0.15) is 0 Å². The monoisotopic (exact) mass is 235 g/mol. The minimum Gasteiger partial charge on any atom is -0.368 e. The molecule has 0 amide bonds. The van der Waals surface area contributed by atoms with Gasteiger partial charge in [0, 0.05) is 6.42 Å². The van der Waals surface area contributed by atoms with Crippen molar-refractivity contribution in [2.75, 3.05) is 5.73 Å². The maximum atomic E-state index is 11.8. The van der Waals surface area contributed by atoms with Crippen molar-refractivity contribution in [2.24, 2.45) is 5.92 Å². The second kappa shape index (κ2) is 4.20. The van der Waals surface area contributed by atoms with E-state index in [1.165, 1.54) is 0 Å². The quantitative estimate of drug-likeness (QED) is 0.827. The number of hydrogen-bond acceptors (Lipinski definition) is 4. The van der Waals surface area contributed by atoms with Crippen LogP contribution in [-0.2, 0) is 6.42 Å². The molecule has 0 aromatic carbocycles. The molecule has 1 atom stereocenters. The lowest BCUT2D eigenvalue weighted by atomic mass is 10.1. The molecule has 2 aromatic heterocycles. The molecule has 0 saturated carbocycles. The fraction of sp³-hybridized carbons (Fsp3) is 0.545. The Morgan fingerprint density at radius 1 is 1.53 bits per heavy atom. The van der Waals surface area contributed by atoms with E-state index in [-0.39, 0.29) is 11.5 Å². The number of fused-ring (bicyclic) bond motifs is 1. The third-order valence-corrected chi connectivity index (χ3v) is 2.99. The molecule has 0 bridgehead atoms.